The molecule has 0 atom stereocenters. The van der Waals surface area contributed by atoms with Crippen molar-refractivity contribution in [2.24, 2.45) is 0 Å². The summed E-state index contributed by atoms with van der Waals surface area (Å²) in [6.45, 7) is 2.08. The lowest BCUT2D eigenvalue weighted by molar-refractivity contribution is 0.462. The molecular weight excluding hydrogens is 306 g/mol. The van der Waals surface area contributed by atoms with E-state index in [1.807, 2.05) is 12.3 Å². The van der Waals surface area contributed by atoms with Crippen LogP contribution in [0.3, 0.4) is 0 Å². The molecule has 8 heteroatoms. The molecule has 0 unspecified atom stereocenters. The molecule has 0 saturated heterocycles. The third-order valence-corrected chi connectivity index (χ3v) is 5.57. The van der Waals surface area contributed by atoms with Crippen LogP contribution in [0.4, 0.5) is 0 Å². The lowest BCUT2D eigenvalue weighted by Crippen LogP contribution is -2.27. The Bertz CT molecular complexity index is 685. The molecule has 0 N–H and O–H groups in total. The Morgan fingerprint density at radius 1 is 1.47 bits per heavy atom. The van der Waals surface area contributed by atoms with Crippen molar-refractivity contribution in [2.45, 2.75) is 18.4 Å². The number of sulfonamides is 1. The average molecular weight is 318 g/mol. The van der Waals surface area contributed by atoms with Crippen molar-refractivity contribution in [1.29, 1.82) is 0 Å². The second-order valence-corrected chi connectivity index (χ2v) is 7.41. The fourth-order valence-electron chi connectivity index (χ4n) is 1.51. The van der Waals surface area contributed by atoms with Crippen LogP contribution in [0.2, 0.25) is 5.02 Å². The number of hydrogen-bond donors (Lipinski definition) is 0. The van der Waals surface area contributed by atoms with Gasteiger partial charge in [0.2, 0.25) is 10.0 Å². The zero-order valence-corrected chi connectivity index (χ0v) is 12.8. The Kier molecular flexibility index (Phi) is 4.19. The molecule has 2 aromatic rings. The summed E-state index contributed by atoms with van der Waals surface area (Å²) in [5.41, 5.74) is 0.716. The van der Waals surface area contributed by atoms with Gasteiger partial charge in [-0.05, 0) is 13.0 Å². The second kappa shape index (κ2) is 5.54. The van der Waals surface area contributed by atoms with Crippen LogP contribution in [-0.4, -0.2) is 29.7 Å². The molecular formula is C11H12ClN3O2S2. The van der Waals surface area contributed by atoms with E-state index in [4.69, 9.17) is 11.6 Å². The highest BCUT2D eigenvalue weighted by Gasteiger charge is 2.24. The molecule has 0 aliphatic heterocycles. The number of thiazole rings is 1. The van der Waals surface area contributed by atoms with Crippen LogP contribution in [0.5, 0.6) is 0 Å². The summed E-state index contributed by atoms with van der Waals surface area (Å²) in [5, 5.41) is 2.91. The first kappa shape index (κ1) is 14.4. The first-order valence-electron chi connectivity index (χ1n) is 5.38. The lowest BCUT2D eigenvalue weighted by Gasteiger charge is -2.16. The normalized spacial score (nSPS) is 12.0. The maximum absolute atomic E-state index is 12.3. The van der Waals surface area contributed by atoms with Crippen molar-refractivity contribution in [3.05, 3.63) is 39.6 Å². The maximum Gasteiger partial charge on any atom is 0.246 e. The minimum atomic E-state index is -3.66. The van der Waals surface area contributed by atoms with Gasteiger partial charge in [0.25, 0.3) is 0 Å². The lowest BCUT2D eigenvalue weighted by atomic mass is 10.5. The predicted octanol–water partition coefficient (Wildman–Crippen LogP) is 2.32. The number of aryl methyl sites for hydroxylation is 1. The topological polar surface area (TPSA) is 63.2 Å². The minimum Gasteiger partial charge on any atom is -0.263 e. The summed E-state index contributed by atoms with van der Waals surface area (Å²) in [6.07, 6.45) is 2.70. The number of hydrogen-bond acceptors (Lipinski definition) is 5. The molecule has 0 fully saturated rings. The molecule has 0 aliphatic rings. The number of nitrogens with zero attached hydrogens (tertiary/aromatic N) is 3. The molecule has 2 aromatic heterocycles. The Morgan fingerprint density at radius 2 is 2.21 bits per heavy atom. The zero-order valence-electron chi connectivity index (χ0n) is 10.4. The number of pyridine rings is 1. The summed E-state index contributed by atoms with van der Waals surface area (Å²) in [5.74, 6) is 0. The fraction of sp³-hybridized carbons (Fsp3) is 0.273. The van der Waals surface area contributed by atoms with E-state index < -0.39 is 10.0 Å². The molecule has 0 aromatic carbocycles. The minimum absolute atomic E-state index is 0.00566. The van der Waals surface area contributed by atoms with E-state index in [0.29, 0.717) is 5.69 Å². The standard InChI is InChI=1S/C11H12ClN3O2S2/c1-8-14-9(7-18-8)6-15(2)19(16,17)11-5-13-4-3-10(11)12/h3-5,7H,6H2,1-2H3. The van der Waals surface area contributed by atoms with Gasteiger partial charge < -0.3 is 0 Å². The van der Waals surface area contributed by atoms with Gasteiger partial charge in [-0.2, -0.15) is 4.31 Å². The third-order valence-electron chi connectivity index (χ3n) is 2.47. The van der Waals surface area contributed by atoms with Crippen LogP contribution in [0.15, 0.2) is 28.7 Å². The van der Waals surface area contributed by atoms with Gasteiger partial charge in [0.1, 0.15) is 4.90 Å². The molecule has 0 spiro atoms. The van der Waals surface area contributed by atoms with E-state index in [2.05, 4.69) is 9.97 Å². The molecule has 5 nitrogen and oxygen atoms in total. The van der Waals surface area contributed by atoms with Crippen LogP contribution in [0.25, 0.3) is 0 Å². The average Bonchev–Trinajstić information content (AvgIpc) is 2.75. The van der Waals surface area contributed by atoms with Crippen molar-refractivity contribution in [3.63, 3.8) is 0 Å². The van der Waals surface area contributed by atoms with Crippen molar-refractivity contribution in [1.82, 2.24) is 14.3 Å². The van der Waals surface area contributed by atoms with E-state index in [0.717, 1.165) is 5.01 Å². The van der Waals surface area contributed by atoms with E-state index in [-0.39, 0.29) is 16.5 Å². The quantitative estimate of drug-likeness (QED) is 0.868. The van der Waals surface area contributed by atoms with Gasteiger partial charge in [0.05, 0.1) is 22.3 Å². The summed E-state index contributed by atoms with van der Waals surface area (Å²) in [6, 6.07) is 1.45. The largest absolute Gasteiger partial charge is 0.263 e. The Balaban J connectivity index is 2.27. The van der Waals surface area contributed by atoms with Crippen molar-refractivity contribution in [3.8, 4) is 0 Å². The van der Waals surface area contributed by atoms with Gasteiger partial charge in [-0.15, -0.1) is 11.3 Å². The van der Waals surface area contributed by atoms with Gasteiger partial charge in [0, 0.05) is 24.8 Å². The first-order chi connectivity index (χ1) is 8.91. The summed E-state index contributed by atoms with van der Waals surface area (Å²) in [7, 11) is -2.16. The highest BCUT2D eigenvalue weighted by molar-refractivity contribution is 7.89. The van der Waals surface area contributed by atoms with Gasteiger partial charge in [-0.1, -0.05) is 11.6 Å². The molecule has 2 rings (SSSR count). The van der Waals surface area contributed by atoms with Crippen LogP contribution >= 0.6 is 22.9 Å². The molecule has 0 amide bonds. The fourth-order valence-corrected chi connectivity index (χ4v) is 3.66. The van der Waals surface area contributed by atoms with Gasteiger partial charge >= 0.3 is 0 Å². The monoisotopic (exact) mass is 317 g/mol. The highest BCUT2D eigenvalue weighted by atomic mass is 35.5. The summed E-state index contributed by atoms with van der Waals surface area (Å²) >= 11 is 7.39. The SMILES string of the molecule is Cc1nc(CN(C)S(=O)(=O)c2cnccc2Cl)cs1. The molecule has 19 heavy (non-hydrogen) atoms. The van der Waals surface area contributed by atoms with E-state index in [9.17, 15) is 8.42 Å². The molecule has 0 saturated carbocycles. The summed E-state index contributed by atoms with van der Waals surface area (Å²) in [4.78, 5) is 8.05. The van der Waals surface area contributed by atoms with Crippen LogP contribution in [-0.2, 0) is 16.6 Å². The third kappa shape index (κ3) is 3.11. The number of rotatable bonds is 4. The van der Waals surface area contributed by atoms with E-state index in [1.54, 1.807) is 0 Å². The summed E-state index contributed by atoms with van der Waals surface area (Å²) < 4.78 is 25.9. The smallest absolute Gasteiger partial charge is 0.246 e. The van der Waals surface area contributed by atoms with E-state index in [1.165, 1.54) is 41.1 Å². The first-order valence-corrected chi connectivity index (χ1v) is 8.08. The van der Waals surface area contributed by atoms with E-state index >= 15 is 0 Å². The molecule has 0 radical (unpaired) electrons. The van der Waals surface area contributed by atoms with Crippen LogP contribution in [0.1, 0.15) is 10.7 Å². The zero-order chi connectivity index (χ0) is 14.0. The molecule has 102 valence electrons. The van der Waals surface area contributed by atoms with Crippen LogP contribution < -0.4 is 0 Å². The predicted molar refractivity (Wildman–Crippen MR) is 74.8 cm³/mol. The van der Waals surface area contributed by atoms with Gasteiger partial charge in [-0.3, -0.25) is 4.98 Å². The molecule has 0 aliphatic carbocycles. The van der Waals surface area contributed by atoms with Crippen molar-refractivity contribution < 1.29 is 8.42 Å². The van der Waals surface area contributed by atoms with Crippen LogP contribution in [0, 0.1) is 6.92 Å². The second-order valence-electron chi connectivity index (χ2n) is 3.93. The van der Waals surface area contributed by atoms with Gasteiger partial charge in [-0.25, -0.2) is 13.4 Å². The Labute approximate surface area is 120 Å². The maximum atomic E-state index is 12.3. The number of halogens is 1. The van der Waals surface area contributed by atoms with Crippen molar-refractivity contribution >= 4 is 33.0 Å². The molecule has 2 heterocycles. The highest BCUT2D eigenvalue weighted by Crippen LogP contribution is 2.23. The molecule has 0 bridgehead atoms. The van der Waals surface area contributed by atoms with Gasteiger partial charge in [0.15, 0.2) is 0 Å². The van der Waals surface area contributed by atoms with Crippen molar-refractivity contribution in [2.75, 3.05) is 7.05 Å². The Hall–Kier alpha value is -1.02. The Morgan fingerprint density at radius 3 is 2.79 bits per heavy atom. The number of aromatic nitrogens is 2.